The standard InChI is InChI=1S/C12H16N2O3/c1-8-3-2-4-9(5-13)11(8)16-7-10-6-14-12(15)17-10/h2-4,10H,5-7,13H2,1H3,(H,14,15). The fraction of sp³-hybridized carbons (Fsp3) is 0.417. The van der Waals surface area contributed by atoms with Crippen LogP contribution in [0.2, 0.25) is 0 Å². The molecule has 92 valence electrons. The van der Waals surface area contributed by atoms with E-state index in [-0.39, 0.29) is 12.2 Å². The van der Waals surface area contributed by atoms with Crippen molar-refractivity contribution < 1.29 is 14.3 Å². The molecular formula is C12H16N2O3. The molecule has 1 atom stereocenters. The summed E-state index contributed by atoms with van der Waals surface area (Å²) in [5.41, 5.74) is 7.64. The van der Waals surface area contributed by atoms with Crippen molar-refractivity contribution >= 4 is 6.09 Å². The number of para-hydroxylation sites is 1. The highest BCUT2D eigenvalue weighted by Gasteiger charge is 2.23. The summed E-state index contributed by atoms with van der Waals surface area (Å²) in [7, 11) is 0. The Labute approximate surface area is 99.9 Å². The van der Waals surface area contributed by atoms with E-state index < -0.39 is 0 Å². The average Bonchev–Trinajstić information content (AvgIpc) is 2.73. The molecule has 0 radical (unpaired) electrons. The van der Waals surface area contributed by atoms with Gasteiger partial charge in [0.25, 0.3) is 0 Å². The third-order valence-corrected chi connectivity index (χ3v) is 2.67. The maximum Gasteiger partial charge on any atom is 0.407 e. The lowest BCUT2D eigenvalue weighted by atomic mass is 10.1. The Balaban J connectivity index is 2.01. The highest BCUT2D eigenvalue weighted by Crippen LogP contribution is 2.23. The molecule has 5 heteroatoms. The molecule has 1 aliphatic heterocycles. The molecule has 0 saturated carbocycles. The molecule has 1 heterocycles. The maximum absolute atomic E-state index is 10.8. The number of amides is 1. The van der Waals surface area contributed by atoms with Crippen LogP contribution in [0.25, 0.3) is 0 Å². The van der Waals surface area contributed by atoms with Gasteiger partial charge in [-0.25, -0.2) is 4.79 Å². The van der Waals surface area contributed by atoms with Gasteiger partial charge in [-0.1, -0.05) is 18.2 Å². The van der Waals surface area contributed by atoms with Crippen LogP contribution >= 0.6 is 0 Å². The zero-order chi connectivity index (χ0) is 12.3. The van der Waals surface area contributed by atoms with Crippen molar-refractivity contribution in [3.8, 4) is 5.75 Å². The first-order chi connectivity index (χ1) is 8.20. The molecule has 1 aromatic carbocycles. The number of hydrogen-bond acceptors (Lipinski definition) is 4. The van der Waals surface area contributed by atoms with Gasteiger partial charge < -0.3 is 20.5 Å². The lowest BCUT2D eigenvalue weighted by Crippen LogP contribution is -2.22. The van der Waals surface area contributed by atoms with Crippen LogP contribution in [0.4, 0.5) is 4.79 Å². The molecule has 1 aromatic rings. The number of rotatable bonds is 4. The number of hydrogen-bond donors (Lipinski definition) is 2. The normalized spacial score (nSPS) is 18.7. The molecule has 0 bridgehead atoms. The molecule has 1 unspecified atom stereocenters. The molecule has 1 fully saturated rings. The Morgan fingerprint density at radius 3 is 3.06 bits per heavy atom. The number of carbonyl (C=O) groups is 1. The van der Waals surface area contributed by atoms with Crippen molar-refractivity contribution in [2.45, 2.75) is 19.6 Å². The lowest BCUT2D eigenvalue weighted by molar-refractivity contribution is 0.104. The molecule has 17 heavy (non-hydrogen) atoms. The Morgan fingerprint density at radius 2 is 2.41 bits per heavy atom. The van der Waals surface area contributed by atoms with Crippen molar-refractivity contribution in [1.29, 1.82) is 0 Å². The van der Waals surface area contributed by atoms with Crippen molar-refractivity contribution in [1.82, 2.24) is 5.32 Å². The van der Waals surface area contributed by atoms with Crippen LogP contribution in [-0.2, 0) is 11.3 Å². The van der Waals surface area contributed by atoms with Gasteiger partial charge in [-0.15, -0.1) is 0 Å². The third kappa shape index (κ3) is 2.68. The van der Waals surface area contributed by atoms with E-state index >= 15 is 0 Å². The van der Waals surface area contributed by atoms with E-state index in [9.17, 15) is 4.79 Å². The van der Waals surface area contributed by atoms with E-state index in [1.807, 2.05) is 25.1 Å². The SMILES string of the molecule is Cc1cccc(CN)c1OCC1CNC(=O)O1. The molecule has 5 nitrogen and oxygen atoms in total. The first-order valence-electron chi connectivity index (χ1n) is 5.56. The fourth-order valence-corrected chi connectivity index (χ4v) is 1.78. The predicted molar refractivity (Wildman–Crippen MR) is 62.8 cm³/mol. The highest BCUT2D eigenvalue weighted by atomic mass is 16.6. The molecule has 2 rings (SSSR count). The van der Waals surface area contributed by atoms with Crippen molar-refractivity contribution in [3.63, 3.8) is 0 Å². The fourth-order valence-electron chi connectivity index (χ4n) is 1.78. The minimum atomic E-state index is -0.387. The quantitative estimate of drug-likeness (QED) is 0.816. The average molecular weight is 236 g/mol. The summed E-state index contributed by atoms with van der Waals surface area (Å²) < 4.78 is 10.7. The first kappa shape index (κ1) is 11.7. The summed E-state index contributed by atoms with van der Waals surface area (Å²) >= 11 is 0. The van der Waals surface area contributed by atoms with E-state index in [1.54, 1.807) is 0 Å². The number of benzene rings is 1. The molecule has 0 aromatic heterocycles. The number of carbonyl (C=O) groups excluding carboxylic acids is 1. The highest BCUT2D eigenvalue weighted by molar-refractivity contribution is 5.69. The second-order valence-electron chi connectivity index (χ2n) is 3.99. The number of aryl methyl sites for hydroxylation is 1. The first-order valence-corrected chi connectivity index (χ1v) is 5.56. The van der Waals surface area contributed by atoms with E-state index in [4.69, 9.17) is 15.2 Å². The Hall–Kier alpha value is -1.75. The summed E-state index contributed by atoms with van der Waals surface area (Å²) in [5.74, 6) is 0.790. The number of cyclic esters (lactones) is 1. The second-order valence-corrected chi connectivity index (χ2v) is 3.99. The number of alkyl carbamates (subject to hydrolysis) is 1. The van der Waals surface area contributed by atoms with Crippen molar-refractivity contribution in [2.75, 3.05) is 13.2 Å². The third-order valence-electron chi connectivity index (χ3n) is 2.67. The van der Waals surface area contributed by atoms with Crippen molar-refractivity contribution in [3.05, 3.63) is 29.3 Å². The van der Waals surface area contributed by atoms with Crippen molar-refractivity contribution in [2.24, 2.45) is 5.73 Å². The van der Waals surface area contributed by atoms with Gasteiger partial charge in [-0.3, -0.25) is 0 Å². The van der Waals surface area contributed by atoms with Gasteiger partial charge in [0.1, 0.15) is 12.4 Å². The summed E-state index contributed by atoms with van der Waals surface area (Å²) in [6.45, 7) is 3.23. The van der Waals surface area contributed by atoms with Crippen LogP contribution in [-0.4, -0.2) is 25.3 Å². The molecule has 1 amide bonds. The molecule has 0 aliphatic carbocycles. The summed E-state index contributed by atoms with van der Waals surface area (Å²) in [6.07, 6.45) is -0.616. The van der Waals surface area contributed by atoms with E-state index in [2.05, 4.69) is 5.32 Å². The van der Waals surface area contributed by atoms with Gasteiger partial charge in [-0.2, -0.15) is 0 Å². The minimum Gasteiger partial charge on any atom is -0.489 e. The van der Waals surface area contributed by atoms with Gasteiger partial charge in [0.05, 0.1) is 6.54 Å². The Bertz CT molecular complexity index is 420. The smallest absolute Gasteiger partial charge is 0.407 e. The number of ether oxygens (including phenoxy) is 2. The van der Waals surface area contributed by atoms with Crippen LogP contribution in [0.1, 0.15) is 11.1 Å². The molecule has 0 spiro atoms. The molecule has 1 saturated heterocycles. The summed E-state index contributed by atoms with van der Waals surface area (Å²) in [6, 6.07) is 5.84. The van der Waals surface area contributed by atoms with Gasteiger partial charge in [0, 0.05) is 12.1 Å². The van der Waals surface area contributed by atoms with E-state index in [0.29, 0.717) is 19.7 Å². The van der Waals surface area contributed by atoms with E-state index in [0.717, 1.165) is 16.9 Å². The van der Waals surface area contributed by atoms with Gasteiger partial charge in [-0.05, 0) is 12.5 Å². The zero-order valence-electron chi connectivity index (χ0n) is 9.73. The van der Waals surface area contributed by atoms with Gasteiger partial charge in [0.15, 0.2) is 6.10 Å². The van der Waals surface area contributed by atoms with Crippen LogP contribution in [0, 0.1) is 6.92 Å². The number of nitrogens with two attached hydrogens (primary N) is 1. The largest absolute Gasteiger partial charge is 0.489 e. The molecular weight excluding hydrogens is 220 g/mol. The Morgan fingerprint density at radius 1 is 1.59 bits per heavy atom. The maximum atomic E-state index is 10.8. The van der Waals surface area contributed by atoms with Crippen LogP contribution < -0.4 is 15.8 Å². The summed E-state index contributed by atoms with van der Waals surface area (Å²) in [4.78, 5) is 10.8. The molecule has 1 aliphatic rings. The van der Waals surface area contributed by atoms with Crippen LogP contribution in [0.3, 0.4) is 0 Å². The van der Waals surface area contributed by atoms with Crippen LogP contribution in [0.15, 0.2) is 18.2 Å². The van der Waals surface area contributed by atoms with Gasteiger partial charge >= 0.3 is 6.09 Å². The zero-order valence-corrected chi connectivity index (χ0v) is 9.73. The van der Waals surface area contributed by atoms with E-state index in [1.165, 1.54) is 0 Å². The molecule has 3 N–H and O–H groups in total. The Kier molecular flexibility index (Phi) is 3.49. The second kappa shape index (κ2) is 5.05. The summed E-state index contributed by atoms with van der Waals surface area (Å²) in [5, 5.41) is 2.58. The number of nitrogens with one attached hydrogen (secondary N) is 1. The topological polar surface area (TPSA) is 73.6 Å². The van der Waals surface area contributed by atoms with Crippen LogP contribution in [0.5, 0.6) is 5.75 Å². The monoisotopic (exact) mass is 236 g/mol. The van der Waals surface area contributed by atoms with Gasteiger partial charge in [0.2, 0.25) is 0 Å². The predicted octanol–water partition coefficient (Wildman–Crippen LogP) is 0.941. The lowest BCUT2D eigenvalue weighted by Gasteiger charge is -2.15. The minimum absolute atomic E-state index is 0.229.